The van der Waals surface area contributed by atoms with Gasteiger partial charge < -0.3 is 4.84 Å². The van der Waals surface area contributed by atoms with Crippen LogP contribution in [-0.4, -0.2) is 42.2 Å². The van der Waals surface area contributed by atoms with E-state index in [0.717, 1.165) is 56.4 Å². The third kappa shape index (κ3) is 3.54. The molecule has 4 fully saturated rings. The number of allylic oxidation sites excluding steroid dienone is 2. The number of hydrogen-bond donors (Lipinski definition) is 2. The van der Waals surface area contributed by atoms with E-state index in [9.17, 15) is 14.8 Å². The third-order valence-corrected chi connectivity index (χ3v) is 13.7. The van der Waals surface area contributed by atoms with Gasteiger partial charge in [-0.25, -0.2) is 5.06 Å². The molecule has 6 heteroatoms. The minimum absolute atomic E-state index is 0.00908. The smallest absolute Gasteiger partial charge is 0.251 e. The standard InChI is InChI=1S/C32H52N2O4/c1-27(2)23-10-13-32(7)25(30(23,5)12-11-24(27)33-38-9)22(35)18-20-21-19-29(4,26(36)34(8)37)15-14-28(21,3)16-17-31(20,32)6/h18,21,23-25,33,37H,10-17,19H2,1-9H3/t21?,23?,24-,25?,28+,29-,30-,31+,32+/m0/s1. The summed E-state index contributed by atoms with van der Waals surface area (Å²) in [5.41, 5.74) is 3.89. The molecule has 4 saturated carbocycles. The average molecular weight is 529 g/mol. The number of rotatable bonds is 3. The maximum absolute atomic E-state index is 14.5. The van der Waals surface area contributed by atoms with Crippen LogP contribution in [0.5, 0.6) is 0 Å². The van der Waals surface area contributed by atoms with E-state index in [0.29, 0.717) is 18.1 Å². The van der Waals surface area contributed by atoms with Gasteiger partial charge in [0.15, 0.2) is 5.78 Å². The van der Waals surface area contributed by atoms with Crippen molar-refractivity contribution < 1.29 is 19.6 Å². The van der Waals surface area contributed by atoms with Crippen LogP contribution in [-0.2, 0) is 14.4 Å². The van der Waals surface area contributed by atoms with Crippen molar-refractivity contribution >= 4 is 11.7 Å². The molecule has 5 rings (SSSR count). The van der Waals surface area contributed by atoms with Gasteiger partial charge in [-0.1, -0.05) is 54.0 Å². The molecule has 2 N–H and O–H groups in total. The van der Waals surface area contributed by atoms with Gasteiger partial charge in [-0.15, -0.1) is 0 Å². The number of amides is 1. The van der Waals surface area contributed by atoms with Crippen molar-refractivity contribution in [1.29, 1.82) is 0 Å². The minimum atomic E-state index is -0.603. The molecular formula is C32H52N2O4. The van der Waals surface area contributed by atoms with Gasteiger partial charge in [0.25, 0.3) is 5.91 Å². The Labute approximate surface area is 230 Å². The molecule has 0 saturated heterocycles. The van der Waals surface area contributed by atoms with Gasteiger partial charge in [-0.2, -0.15) is 5.48 Å². The summed E-state index contributed by atoms with van der Waals surface area (Å²) in [7, 11) is 3.15. The second-order valence-corrected chi connectivity index (χ2v) is 15.8. The fourth-order valence-electron chi connectivity index (χ4n) is 11.1. The number of ketones is 1. The van der Waals surface area contributed by atoms with Gasteiger partial charge in [-0.05, 0) is 103 Å². The summed E-state index contributed by atoms with van der Waals surface area (Å²) in [6, 6.07) is 0.285. The average Bonchev–Trinajstić information content (AvgIpc) is 2.82. The highest BCUT2D eigenvalue weighted by Crippen LogP contribution is 2.75. The number of nitrogens with one attached hydrogen (secondary N) is 1. The molecular weight excluding hydrogens is 476 g/mol. The predicted molar refractivity (Wildman–Crippen MR) is 148 cm³/mol. The molecule has 0 aromatic heterocycles. The summed E-state index contributed by atoms with van der Waals surface area (Å²) in [6.07, 6.45) is 11.0. The highest BCUT2D eigenvalue weighted by Gasteiger charge is 2.70. The van der Waals surface area contributed by atoms with Gasteiger partial charge >= 0.3 is 0 Å². The van der Waals surface area contributed by atoms with E-state index in [1.165, 1.54) is 12.6 Å². The lowest BCUT2D eigenvalue weighted by molar-refractivity contribution is -0.196. The fourth-order valence-corrected chi connectivity index (χ4v) is 11.1. The van der Waals surface area contributed by atoms with E-state index in [1.54, 1.807) is 7.11 Å². The molecule has 0 radical (unpaired) electrons. The van der Waals surface area contributed by atoms with Crippen molar-refractivity contribution in [2.75, 3.05) is 14.2 Å². The zero-order chi connectivity index (χ0) is 28.1. The van der Waals surface area contributed by atoms with E-state index in [4.69, 9.17) is 4.84 Å². The Morgan fingerprint density at radius 1 is 1.00 bits per heavy atom. The van der Waals surface area contributed by atoms with Crippen molar-refractivity contribution in [3.8, 4) is 0 Å². The number of carbonyl (C=O) groups excluding carboxylic acids is 2. The van der Waals surface area contributed by atoms with Gasteiger partial charge in [-0.3, -0.25) is 14.8 Å². The molecule has 0 aromatic rings. The van der Waals surface area contributed by atoms with Gasteiger partial charge in [0.05, 0.1) is 7.11 Å². The summed E-state index contributed by atoms with van der Waals surface area (Å²) >= 11 is 0. The number of hydroxylamine groups is 3. The molecule has 0 bridgehead atoms. The van der Waals surface area contributed by atoms with Gasteiger partial charge in [0.2, 0.25) is 0 Å². The topological polar surface area (TPSA) is 78.9 Å². The molecule has 9 atom stereocenters. The van der Waals surface area contributed by atoms with Crippen LogP contribution in [0.15, 0.2) is 11.6 Å². The van der Waals surface area contributed by atoms with Crippen molar-refractivity contribution in [2.45, 2.75) is 112 Å². The predicted octanol–water partition coefficient (Wildman–Crippen LogP) is 6.33. The van der Waals surface area contributed by atoms with Crippen LogP contribution in [0.25, 0.3) is 0 Å². The molecule has 0 aliphatic heterocycles. The third-order valence-electron chi connectivity index (χ3n) is 13.7. The monoisotopic (exact) mass is 528 g/mol. The largest absolute Gasteiger partial charge is 0.305 e. The fraction of sp³-hybridized carbons (Fsp3) is 0.875. The SMILES string of the molecule is CON[C@H]1CC[C@@]2(C)C(CC[C@]3(C)C2C(=O)C=C2C4C[C@@](C)(C(=O)N(C)O)CC[C@]4(C)CC[C@]23C)C1(C)C. The first-order valence-corrected chi connectivity index (χ1v) is 15.0. The normalized spacial score (nSPS) is 49.6. The van der Waals surface area contributed by atoms with Crippen LogP contribution in [0.2, 0.25) is 0 Å². The lowest BCUT2D eigenvalue weighted by Crippen LogP contribution is -2.67. The van der Waals surface area contributed by atoms with E-state index in [-0.39, 0.29) is 50.9 Å². The summed E-state index contributed by atoms with van der Waals surface area (Å²) < 4.78 is 0. The molecule has 1 amide bonds. The number of fused-ring (bicyclic) bond motifs is 7. The molecule has 6 nitrogen and oxygen atoms in total. The maximum Gasteiger partial charge on any atom is 0.251 e. The van der Waals surface area contributed by atoms with Crippen molar-refractivity contribution in [3.63, 3.8) is 0 Å². The second kappa shape index (κ2) is 8.63. The molecule has 5 aliphatic carbocycles. The van der Waals surface area contributed by atoms with Crippen molar-refractivity contribution in [3.05, 3.63) is 11.6 Å². The molecule has 0 aromatic carbocycles. The van der Waals surface area contributed by atoms with E-state index in [1.807, 2.05) is 6.92 Å². The van der Waals surface area contributed by atoms with Crippen molar-refractivity contribution in [2.24, 2.45) is 50.2 Å². The van der Waals surface area contributed by atoms with Crippen LogP contribution in [0.4, 0.5) is 0 Å². The van der Waals surface area contributed by atoms with E-state index < -0.39 is 5.41 Å². The van der Waals surface area contributed by atoms with E-state index in [2.05, 4.69) is 53.1 Å². The quantitative estimate of drug-likeness (QED) is 0.330. The van der Waals surface area contributed by atoms with E-state index >= 15 is 0 Å². The van der Waals surface area contributed by atoms with Crippen LogP contribution in [0.1, 0.15) is 106 Å². The summed E-state index contributed by atoms with van der Waals surface area (Å²) in [4.78, 5) is 33.0. The van der Waals surface area contributed by atoms with Crippen LogP contribution >= 0.6 is 0 Å². The second-order valence-electron chi connectivity index (χ2n) is 15.8. The number of nitrogens with zero attached hydrogens (tertiary/aromatic N) is 1. The van der Waals surface area contributed by atoms with Crippen molar-refractivity contribution in [1.82, 2.24) is 10.5 Å². The van der Waals surface area contributed by atoms with Gasteiger partial charge in [0, 0.05) is 24.4 Å². The van der Waals surface area contributed by atoms with Crippen LogP contribution in [0, 0.1) is 50.2 Å². The molecule has 3 unspecified atom stereocenters. The highest BCUT2D eigenvalue weighted by molar-refractivity contribution is 5.95. The first-order valence-electron chi connectivity index (χ1n) is 15.0. The number of hydrogen-bond acceptors (Lipinski definition) is 5. The molecule has 0 spiro atoms. The Morgan fingerprint density at radius 2 is 1.66 bits per heavy atom. The Hall–Kier alpha value is -1.24. The zero-order valence-corrected chi connectivity index (χ0v) is 25.4. The van der Waals surface area contributed by atoms with Gasteiger partial charge in [0.1, 0.15) is 0 Å². The Balaban J connectivity index is 1.57. The summed E-state index contributed by atoms with van der Waals surface area (Å²) in [5.74, 6) is 0.768. The molecule has 38 heavy (non-hydrogen) atoms. The molecule has 5 aliphatic rings. The van der Waals surface area contributed by atoms with Crippen LogP contribution in [0.3, 0.4) is 0 Å². The summed E-state index contributed by atoms with van der Waals surface area (Å²) in [5, 5.41) is 10.8. The first-order chi connectivity index (χ1) is 17.5. The lowest BCUT2D eigenvalue weighted by Gasteiger charge is -2.70. The lowest BCUT2D eigenvalue weighted by atomic mass is 9.33. The zero-order valence-electron chi connectivity index (χ0n) is 25.4. The minimum Gasteiger partial charge on any atom is -0.305 e. The number of carbonyl (C=O) groups is 2. The summed E-state index contributed by atoms with van der Waals surface area (Å²) in [6.45, 7) is 16.5. The highest BCUT2D eigenvalue weighted by atomic mass is 16.6. The molecule has 0 heterocycles. The first kappa shape index (κ1) is 28.3. The maximum atomic E-state index is 14.5. The Morgan fingerprint density at radius 3 is 2.29 bits per heavy atom. The molecule has 214 valence electrons. The Bertz CT molecular complexity index is 1050. The Kier molecular flexibility index (Phi) is 6.43. The van der Waals surface area contributed by atoms with Crippen LogP contribution < -0.4 is 5.48 Å².